The summed E-state index contributed by atoms with van der Waals surface area (Å²) in [6, 6.07) is 17.6. The smallest absolute Gasteiger partial charge is 0.137 e. The van der Waals surface area contributed by atoms with Gasteiger partial charge in [-0.15, -0.1) is 0 Å². The van der Waals surface area contributed by atoms with Crippen molar-refractivity contribution in [3.05, 3.63) is 70.8 Å². The normalized spacial score (nSPS) is 32.7. The molecule has 20 heavy (non-hydrogen) atoms. The third-order valence-corrected chi connectivity index (χ3v) is 5.68. The molecule has 4 aliphatic rings. The molecule has 0 saturated heterocycles. The van der Waals surface area contributed by atoms with Crippen LogP contribution < -0.4 is 0 Å². The lowest BCUT2D eigenvalue weighted by Gasteiger charge is -2.47. The minimum atomic E-state index is 0.241. The molecule has 0 heterocycles. The van der Waals surface area contributed by atoms with E-state index in [1.165, 1.54) is 22.3 Å². The van der Waals surface area contributed by atoms with E-state index in [1.807, 2.05) is 0 Å². The van der Waals surface area contributed by atoms with Gasteiger partial charge in [-0.3, -0.25) is 4.79 Å². The molecule has 2 bridgehead atoms. The summed E-state index contributed by atoms with van der Waals surface area (Å²) in [5.74, 6) is 2.03. The van der Waals surface area contributed by atoms with E-state index in [0.717, 1.165) is 12.8 Å². The molecule has 0 radical (unpaired) electrons. The van der Waals surface area contributed by atoms with Gasteiger partial charge >= 0.3 is 0 Å². The molecule has 0 aromatic heterocycles. The summed E-state index contributed by atoms with van der Waals surface area (Å²) in [6.45, 7) is 0. The third kappa shape index (κ3) is 1.13. The van der Waals surface area contributed by atoms with Gasteiger partial charge in [-0.1, -0.05) is 48.5 Å². The number of hydrogen-bond donors (Lipinski definition) is 0. The van der Waals surface area contributed by atoms with Gasteiger partial charge in [0.2, 0.25) is 0 Å². The lowest BCUT2D eigenvalue weighted by molar-refractivity contribution is -0.122. The Labute approximate surface area is 118 Å². The molecule has 1 fully saturated rings. The Hall–Kier alpha value is -1.89. The summed E-state index contributed by atoms with van der Waals surface area (Å²) in [5.41, 5.74) is 5.78. The highest BCUT2D eigenvalue weighted by atomic mass is 16.1. The molecule has 98 valence electrons. The summed E-state index contributed by atoms with van der Waals surface area (Å²) in [6.07, 6.45) is 1.86. The average Bonchev–Trinajstić information content (AvgIpc) is 2.90. The van der Waals surface area contributed by atoms with Gasteiger partial charge in [0.25, 0.3) is 0 Å². The van der Waals surface area contributed by atoms with E-state index in [2.05, 4.69) is 48.5 Å². The van der Waals surface area contributed by atoms with Crippen LogP contribution in [0.2, 0.25) is 0 Å². The summed E-state index contributed by atoms with van der Waals surface area (Å²) < 4.78 is 0. The highest BCUT2D eigenvalue weighted by Crippen LogP contribution is 2.61. The van der Waals surface area contributed by atoms with Crippen molar-refractivity contribution in [2.45, 2.75) is 24.7 Å². The van der Waals surface area contributed by atoms with Crippen LogP contribution in [0.25, 0.3) is 0 Å². The zero-order valence-electron chi connectivity index (χ0n) is 11.3. The molecule has 1 saturated carbocycles. The Kier molecular flexibility index (Phi) is 1.95. The molecule has 0 spiro atoms. The highest BCUT2D eigenvalue weighted by Gasteiger charge is 2.54. The maximum atomic E-state index is 12.4. The molecule has 0 unspecified atom stereocenters. The van der Waals surface area contributed by atoms with Crippen LogP contribution >= 0.6 is 0 Å². The SMILES string of the molecule is O=C1CC[C@@H]2C3c4ccccc4C(c4ccccc43)[C@@H]12. The Balaban J connectivity index is 1.86. The number of ketones is 1. The standard InChI is InChI=1S/C19H16O/c20-16-10-9-15-17-11-5-1-3-7-13(11)18(19(15)16)14-8-4-2-6-12(14)17/h1-8,15,17-19H,9-10H2/t15-,17?,18?,19-/m1/s1. The molecule has 2 atom stereocenters. The predicted octanol–water partition coefficient (Wildman–Crippen LogP) is 3.87. The van der Waals surface area contributed by atoms with Gasteiger partial charge in [-0.05, 0) is 34.6 Å². The number of benzene rings is 2. The Morgan fingerprint density at radius 1 is 0.750 bits per heavy atom. The van der Waals surface area contributed by atoms with Gasteiger partial charge in [-0.25, -0.2) is 0 Å². The van der Waals surface area contributed by atoms with Crippen molar-refractivity contribution in [1.29, 1.82) is 0 Å². The fourth-order valence-electron chi connectivity index (χ4n) is 5.04. The Morgan fingerprint density at radius 2 is 1.25 bits per heavy atom. The third-order valence-electron chi connectivity index (χ3n) is 5.68. The molecular weight excluding hydrogens is 244 g/mol. The van der Waals surface area contributed by atoms with E-state index >= 15 is 0 Å². The van der Waals surface area contributed by atoms with E-state index in [9.17, 15) is 4.79 Å². The van der Waals surface area contributed by atoms with Crippen molar-refractivity contribution in [2.24, 2.45) is 11.8 Å². The number of hydrogen-bond acceptors (Lipinski definition) is 1. The zero-order valence-corrected chi connectivity index (χ0v) is 11.3. The fourth-order valence-corrected chi connectivity index (χ4v) is 5.04. The quantitative estimate of drug-likeness (QED) is 0.702. The molecule has 6 rings (SSSR count). The van der Waals surface area contributed by atoms with Crippen molar-refractivity contribution in [3.8, 4) is 0 Å². The van der Waals surface area contributed by atoms with Crippen LogP contribution in [0.5, 0.6) is 0 Å². The van der Waals surface area contributed by atoms with Gasteiger partial charge < -0.3 is 0 Å². The molecule has 2 aromatic carbocycles. The second kappa shape index (κ2) is 3.60. The predicted molar refractivity (Wildman–Crippen MR) is 77.8 cm³/mol. The second-order valence-corrected chi connectivity index (χ2v) is 6.41. The summed E-state index contributed by atoms with van der Waals surface area (Å²) in [5, 5.41) is 0. The number of carbonyl (C=O) groups excluding carboxylic acids is 1. The molecule has 0 amide bonds. The van der Waals surface area contributed by atoms with Crippen LogP contribution in [-0.4, -0.2) is 5.78 Å². The van der Waals surface area contributed by atoms with Crippen LogP contribution in [0.4, 0.5) is 0 Å². The Bertz CT molecular complexity index is 683. The van der Waals surface area contributed by atoms with Crippen molar-refractivity contribution in [1.82, 2.24) is 0 Å². The lowest BCUT2D eigenvalue weighted by atomic mass is 9.55. The highest BCUT2D eigenvalue weighted by molar-refractivity contribution is 5.87. The maximum Gasteiger partial charge on any atom is 0.137 e. The Morgan fingerprint density at radius 3 is 1.80 bits per heavy atom. The molecule has 4 aliphatic carbocycles. The van der Waals surface area contributed by atoms with Gasteiger partial charge in [0.1, 0.15) is 5.78 Å². The average molecular weight is 260 g/mol. The van der Waals surface area contributed by atoms with Crippen molar-refractivity contribution in [3.63, 3.8) is 0 Å². The fraction of sp³-hybridized carbons (Fsp3) is 0.316. The van der Waals surface area contributed by atoms with Gasteiger partial charge in [0.15, 0.2) is 0 Å². The van der Waals surface area contributed by atoms with Crippen molar-refractivity contribution < 1.29 is 4.79 Å². The van der Waals surface area contributed by atoms with E-state index < -0.39 is 0 Å². The summed E-state index contributed by atoms with van der Waals surface area (Å²) >= 11 is 0. The van der Waals surface area contributed by atoms with Gasteiger partial charge in [0, 0.05) is 24.2 Å². The molecule has 1 heteroatoms. The second-order valence-electron chi connectivity index (χ2n) is 6.41. The minimum Gasteiger partial charge on any atom is -0.299 e. The molecule has 1 nitrogen and oxygen atoms in total. The molecule has 0 aliphatic heterocycles. The largest absolute Gasteiger partial charge is 0.299 e. The van der Waals surface area contributed by atoms with Crippen LogP contribution in [0.15, 0.2) is 48.5 Å². The first-order valence-corrected chi connectivity index (χ1v) is 7.56. The van der Waals surface area contributed by atoms with Crippen LogP contribution in [0, 0.1) is 11.8 Å². The van der Waals surface area contributed by atoms with E-state index in [0.29, 0.717) is 23.5 Å². The van der Waals surface area contributed by atoms with Crippen LogP contribution in [0.1, 0.15) is 46.9 Å². The monoisotopic (exact) mass is 260 g/mol. The first kappa shape index (κ1) is 10.8. The molecular formula is C19H16O. The summed E-state index contributed by atoms with van der Waals surface area (Å²) in [7, 11) is 0. The topological polar surface area (TPSA) is 17.1 Å². The minimum absolute atomic E-state index is 0.241. The molecule has 2 aromatic rings. The first-order chi connectivity index (χ1) is 9.86. The van der Waals surface area contributed by atoms with E-state index in [-0.39, 0.29) is 5.92 Å². The molecule has 0 N–H and O–H groups in total. The zero-order chi connectivity index (χ0) is 13.3. The number of Topliss-reactive ketones (excluding diaryl/α,β-unsaturated/α-hetero) is 1. The van der Waals surface area contributed by atoms with E-state index in [4.69, 9.17) is 0 Å². The van der Waals surface area contributed by atoms with Gasteiger partial charge in [0.05, 0.1) is 0 Å². The van der Waals surface area contributed by atoms with Crippen LogP contribution in [-0.2, 0) is 4.79 Å². The number of carbonyl (C=O) groups is 1. The maximum absolute atomic E-state index is 12.4. The summed E-state index contributed by atoms with van der Waals surface area (Å²) in [4.78, 5) is 12.4. The number of rotatable bonds is 0. The van der Waals surface area contributed by atoms with E-state index in [1.54, 1.807) is 0 Å². The first-order valence-electron chi connectivity index (χ1n) is 7.56. The lowest BCUT2D eigenvalue weighted by Crippen LogP contribution is -2.39. The van der Waals surface area contributed by atoms with Gasteiger partial charge in [-0.2, -0.15) is 0 Å². The van der Waals surface area contributed by atoms with Crippen molar-refractivity contribution >= 4 is 5.78 Å². The van der Waals surface area contributed by atoms with Crippen LogP contribution in [0.3, 0.4) is 0 Å². The van der Waals surface area contributed by atoms with Crippen molar-refractivity contribution in [2.75, 3.05) is 0 Å².